The largest absolute Gasteiger partial charge is 0.457 e. The lowest BCUT2D eigenvalue weighted by atomic mass is 9.62. The van der Waals surface area contributed by atoms with E-state index in [0.29, 0.717) is 0 Å². The summed E-state index contributed by atoms with van der Waals surface area (Å²) in [5, 5.41) is 0. The zero-order valence-corrected chi connectivity index (χ0v) is 31.5. The van der Waals surface area contributed by atoms with Crippen LogP contribution in [-0.4, -0.2) is 0 Å². The van der Waals surface area contributed by atoms with Gasteiger partial charge in [0.25, 0.3) is 0 Å². The summed E-state index contributed by atoms with van der Waals surface area (Å²) in [7, 11) is 0. The van der Waals surface area contributed by atoms with Crippen LogP contribution >= 0.6 is 0 Å². The predicted octanol–water partition coefficient (Wildman–Crippen LogP) is 14.4. The Hall–Kier alpha value is -7.22. The summed E-state index contributed by atoms with van der Waals surface area (Å²) < 4.78 is 6.61. The maximum atomic E-state index is 6.61. The van der Waals surface area contributed by atoms with Gasteiger partial charge in [-0.15, -0.1) is 0 Å². The number of para-hydroxylation sites is 2. The third-order valence-corrected chi connectivity index (χ3v) is 11.6. The molecule has 9 aromatic rings. The minimum absolute atomic E-state index is 0.0499. The van der Waals surface area contributed by atoms with Crippen molar-refractivity contribution in [2.24, 2.45) is 0 Å². The third-order valence-electron chi connectivity index (χ3n) is 11.6. The average molecular weight is 729 g/mol. The van der Waals surface area contributed by atoms with E-state index in [1.807, 2.05) is 0 Å². The maximum absolute atomic E-state index is 6.61. The second-order valence-corrected chi connectivity index (χ2v) is 14.8. The quantitative estimate of drug-likeness (QED) is 0.142. The van der Waals surface area contributed by atoms with Gasteiger partial charge < -0.3 is 4.74 Å². The van der Waals surface area contributed by atoms with Gasteiger partial charge in [0.05, 0.1) is 5.41 Å². The summed E-state index contributed by atoms with van der Waals surface area (Å²) in [6.45, 7) is 0. The van der Waals surface area contributed by atoms with Gasteiger partial charge in [0.1, 0.15) is 11.5 Å². The van der Waals surface area contributed by atoms with Gasteiger partial charge >= 0.3 is 0 Å². The Bertz CT molecular complexity index is 2640. The minimum atomic E-state index is -0.606. The van der Waals surface area contributed by atoms with E-state index in [-0.39, 0.29) is 5.92 Å². The first kappa shape index (κ1) is 34.3. The van der Waals surface area contributed by atoms with E-state index in [9.17, 15) is 0 Å². The topological polar surface area (TPSA) is 9.23 Å². The number of fused-ring (bicyclic) bond motifs is 2. The molecule has 57 heavy (non-hydrogen) atoms. The van der Waals surface area contributed by atoms with E-state index < -0.39 is 5.41 Å². The monoisotopic (exact) mass is 728 g/mol. The molecule has 0 aliphatic carbocycles. The molecule has 0 bridgehead atoms. The Kier molecular flexibility index (Phi) is 8.89. The Morgan fingerprint density at radius 1 is 0.281 bits per heavy atom. The molecule has 0 saturated heterocycles. The molecule has 1 aliphatic rings. The van der Waals surface area contributed by atoms with Crippen LogP contribution in [0.25, 0.3) is 33.4 Å². The molecular weight excluding hydrogens is 689 g/mol. The fraction of sp³-hybridized carbons (Fsp3) is 0.0357. The highest BCUT2D eigenvalue weighted by Crippen LogP contribution is 2.56. The highest BCUT2D eigenvalue weighted by molar-refractivity contribution is 5.78. The van der Waals surface area contributed by atoms with E-state index in [4.69, 9.17) is 4.74 Å². The Morgan fingerprint density at radius 3 is 1.11 bits per heavy atom. The van der Waals surface area contributed by atoms with Gasteiger partial charge in [-0.25, -0.2) is 0 Å². The molecule has 0 radical (unpaired) electrons. The van der Waals surface area contributed by atoms with E-state index in [1.54, 1.807) is 0 Å². The summed E-state index contributed by atoms with van der Waals surface area (Å²) in [5.74, 6) is 1.81. The summed E-state index contributed by atoms with van der Waals surface area (Å²) in [6.07, 6.45) is 0. The SMILES string of the molecule is c1ccc(-c2ccc(C(c3ccc(-c4ccccc4)cc3)c3ccc(-c4ccccc4C4(c5ccccc5)c5ccccc5Oc5ccccc54)cc3)cc2)cc1. The van der Waals surface area contributed by atoms with Gasteiger partial charge in [-0.1, -0.05) is 224 Å². The number of benzene rings is 9. The molecule has 1 aliphatic heterocycles. The van der Waals surface area contributed by atoms with Crippen molar-refractivity contribution in [3.8, 4) is 44.9 Å². The van der Waals surface area contributed by atoms with Gasteiger partial charge in [-0.2, -0.15) is 0 Å². The van der Waals surface area contributed by atoms with Crippen molar-refractivity contribution in [2.45, 2.75) is 11.3 Å². The van der Waals surface area contributed by atoms with Crippen molar-refractivity contribution in [1.82, 2.24) is 0 Å². The van der Waals surface area contributed by atoms with Crippen molar-refractivity contribution in [3.63, 3.8) is 0 Å². The van der Waals surface area contributed by atoms with Crippen LogP contribution in [-0.2, 0) is 5.41 Å². The number of hydrogen-bond donors (Lipinski definition) is 0. The van der Waals surface area contributed by atoms with Gasteiger partial charge in [0.15, 0.2) is 0 Å². The third kappa shape index (κ3) is 6.15. The molecule has 0 fully saturated rings. The van der Waals surface area contributed by atoms with E-state index in [1.165, 1.54) is 61.2 Å². The second kappa shape index (κ2) is 14.8. The molecule has 1 nitrogen and oxygen atoms in total. The van der Waals surface area contributed by atoms with E-state index in [0.717, 1.165) is 22.6 Å². The number of ether oxygens (including phenoxy) is 1. The minimum Gasteiger partial charge on any atom is -0.457 e. The lowest BCUT2D eigenvalue weighted by molar-refractivity contribution is 0.434. The van der Waals surface area contributed by atoms with Crippen LogP contribution in [0, 0.1) is 0 Å². The summed E-state index contributed by atoms with van der Waals surface area (Å²) in [6, 6.07) is 85.6. The zero-order valence-electron chi connectivity index (χ0n) is 31.5. The molecule has 0 amide bonds. The summed E-state index contributed by atoms with van der Waals surface area (Å²) >= 11 is 0. The van der Waals surface area contributed by atoms with Crippen molar-refractivity contribution in [2.75, 3.05) is 0 Å². The highest BCUT2D eigenvalue weighted by Gasteiger charge is 2.46. The first-order valence-electron chi connectivity index (χ1n) is 19.7. The highest BCUT2D eigenvalue weighted by atomic mass is 16.5. The number of rotatable bonds is 8. The van der Waals surface area contributed by atoms with Crippen LogP contribution in [0.1, 0.15) is 44.9 Å². The van der Waals surface area contributed by atoms with Crippen molar-refractivity contribution in [3.05, 3.63) is 276 Å². The Morgan fingerprint density at radius 2 is 0.632 bits per heavy atom. The van der Waals surface area contributed by atoms with E-state index >= 15 is 0 Å². The van der Waals surface area contributed by atoms with Crippen LogP contribution in [0.5, 0.6) is 11.5 Å². The van der Waals surface area contributed by atoms with Crippen LogP contribution in [0.2, 0.25) is 0 Å². The van der Waals surface area contributed by atoms with Crippen molar-refractivity contribution < 1.29 is 4.74 Å². The first-order valence-corrected chi connectivity index (χ1v) is 19.7. The molecule has 0 atom stereocenters. The Labute approximate surface area is 335 Å². The molecule has 10 rings (SSSR count). The molecule has 270 valence electrons. The molecule has 0 N–H and O–H groups in total. The smallest absolute Gasteiger partial charge is 0.132 e. The molecule has 9 aromatic carbocycles. The maximum Gasteiger partial charge on any atom is 0.132 e. The van der Waals surface area contributed by atoms with Gasteiger partial charge in [0.2, 0.25) is 0 Å². The molecule has 1 heteroatoms. The standard InChI is InChI=1S/C56H40O/c1-4-16-40(17-5-1)42-28-34-45(35-29-42)55(46-36-30-43(31-37-46)41-18-6-2-7-19-41)47-38-32-44(33-39-47)49-22-10-11-23-50(49)56(48-20-8-3-9-21-48)51-24-12-14-26-53(51)57-54-27-15-13-25-52(54)56/h1-39,55H. The average Bonchev–Trinajstić information content (AvgIpc) is 3.30. The van der Waals surface area contributed by atoms with Crippen LogP contribution in [0.4, 0.5) is 0 Å². The summed E-state index contributed by atoms with van der Waals surface area (Å²) in [5.41, 5.74) is 15.1. The predicted molar refractivity (Wildman–Crippen MR) is 235 cm³/mol. The van der Waals surface area contributed by atoms with Crippen LogP contribution < -0.4 is 4.74 Å². The van der Waals surface area contributed by atoms with Crippen LogP contribution in [0.15, 0.2) is 237 Å². The molecule has 0 unspecified atom stereocenters. The van der Waals surface area contributed by atoms with E-state index in [2.05, 4.69) is 237 Å². The second-order valence-electron chi connectivity index (χ2n) is 14.8. The molecule has 0 saturated carbocycles. The first-order chi connectivity index (χ1) is 28.3. The molecule has 1 heterocycles. The lowest BCUT2D eigenvalue weighted by Gasteiger charge is -2.42. The zero-order chi connectivity index (χ0) is 38.0. The van der Waals surface area contributed by atoms with Crippen LogP contribution in [0.3, 0.4) is 0 Å². The lowest BCUT2D eigenvalue weighted by Crippen LogP contribution is -2.34. The fourth-order valence-electron chi connectivity index (χ4n) is 8.93. The fourth-order valence-corrected chi connectivity index (χ4v) is 8.93. The van der Waals surface area contributed by atoms with Crippen molar-refractivity contribution in [1.29, 1.82) is 0 Å². The molecule has 0 aromatic heterocycles. The number of hydrogen-bond acceptors (Lipinski definition) is 1. The Balaban J connectivity index is 1.10. The van der Waals surface area contributed by atoms with Gasteiger partial charge in [0, 0.05) is 17.0 Å². The van der Waals surface area contributed by atoms with Crippen molar-refractivity contribution >= 4 is 0 Å². The molecular formula is C56H40O. The van der Waals surface area contributed by atoms with Gasteiger partial charge in [-0.05, 0) is 73.3 Å². The normalized spacial score (nSPS) is 12.6. The molecule has 0 spiro atoms. The summed E-state index contributed by atoms with van der Waals surface area (Å²) in [4.78, 5) is 0. The van der Waals surface area contributed by atoms with Gasteiger partial charge in [-0.3, -0.25) is 0 Å².